The van der Waals surface area contributed by atoms with E-state index in [4.69, 9.17) is 21.1 Å². The largest absolute Gasteiger partial charge is 0.494 e. The van der Waals surface area contributed by atoms with Crippen molar-refractivity contribution in [1.82, 2.24) is 0 Å². The third-order valence-corrected chi connectivity index (χ3v) is 2.49. The Labute approximate surface area is 107 Å². The summed E-state index contributed by atoms with van der Waals surface area (Å²) in [7, 11) is 0. The molecule has 0 radical (unpaired) electrons. The summed E-state index contributed by atoms with van der Waals surface area (Å²) in [4.78, 5) is 11.0. The van der Waals surface area contributed by atoms with E-state index < -0.39 is 0 Å². The Bertz CT molecular complexity index is 335. The minimum absolute atomic E-state index is 0.173. The van der Waals surface area contributed by atoms with Crippen LogP contribution in [0.25, 0.3) is 0 Å². The van der Waals surface area contributed by atoms with Crippen LogP contribution < -0.4 is 4.74 Å². The van der Waals surface area contributed by atoms with Crippen molar-refractivity contribution < 1.29 is 14.3 Å². The number of esters is 1. The van der Waals surface area contributed by atoms with Gasteiger partial charge in [0.05, 0.1) is 13.2 Å². The zero-order valence-electron chi connectivity index (χ0n) is 9.95. The predicted molar refractivity (Wildman–Crippen MR) is 67.4 cm³/mol. The third kappa shape index (κ3) is 5.59. The first-order valence-electron chi connectivity index (χ1n) is 5.69. The van der Waals surface area contributed by atoms with Gasteiger partial charge in [0.1, 0.15) is 5.75 Å². The monoisotopic (exact) mass is 256 g/mol. The van der Waals surface area contributed by atoms with Gasteiger partial charge in [-0.2, -0.15) is 0 Å². The highest BCUT2D eigenvalue weighted by atomic mass is 35.5. The quantitative estimate of drug-likeness (QED) is 0.427. The van der Waals surface area contributed by atoms with Gasteiger partial charge in [-0.15, -0.1) is 11.6 Å². The third-order valence-electron chi connectivity index (χ3n) is 2.18. The van der Waals surface area contributed by atoms with E-state index in [9.17, 15) is 4.79 Å². The van der Waals surface area contributed by atoms with E-state index >= 15 is 0 Å². The second-order valence-electron chi connectivity index (χ2n) is 3.53. The fourth-order valence-electron chi connectivity index (χ4n) is 1.31. The van der Waals surface area contributed by atoms with Gasteiger partial charge in [-0.25, -0.2) is 0 Å². The summed E-state index contributed by atoms with van der Waals surface area (Å²) in [5.41, 5.74) is 1.06. The lowest BCUT2D eigenvalue weighted by Crippen LogP contribution is -2.06. The summed E-state index contributed by atoms with van der Waals surface area (Å²) >= 11 is 5.68. The molecule has 94 valence electrons. The molecule has 0 unspecified atom stereocenters. The Kier molecular flexibility index (Phi) is 6.48. The van der Waals surface area contributed by atoms with Crippen LogP contribution >= 0.6 is 11.6 Å². The highest BCUT2D eigenvalue weighted by molar-refractivity contribution is 6.17. The molecule has 4 heteroatoms. The van der Waals surface area contributed by atoms with E-state index in [2.05, 4.69) is 0 Å². The molecule has 0 saturated heterocycles. The topological polar surface area (TPSA) is 35.5 Å². The smallest absolute Gasteiger partial charge is 0.305 e. The van der Waals surface area contributed by atoms with Crippen molar-refractivity contribution in [2.24, 2.45) is 0 Å². The summed E-state index contributed by atoms with van der Waals surface area (Å²) in [5, 5.41) is 0. The van der Waals surface area contributed by atoms with Gasteiger partial charge in [0.2, 0.25) is 0 Å². The molecule has 0 N–H and O–H groups in total. The summed E-state index contributed by atoms with van der Waals surface area (Å²) in [6.07, 6.45) is 1.06. The maximum atomic E-state index is 11.0. The molecule has 1 rings (SSSR count). The number of ether oxygens (including phenoxy) is 2. The Balaban J connectivity index is 2.19. The van der Waals surface area contributed by atoms with Gasteiger partial charge in [0, 0.05) is 12.3 Å². The molecule has 0 aliphatic carbocycles. The van der Waals surface area contributed by atoms with E-state index in [1.165, 1.54) is 0 Å². The molecule has 0 amide bonds. The average molecular weight is 257 g/mol. The number of hydrogen-bond donors (Lipinski definition) is 0. The Morgan fingerprint density at radius 1 is 1.29 bits per heavy atom. The molecule has 1 aromatic rings. The van der Waals surface area contributed by atoms with Gasteiger partial charge in [0.25, 0.3) is 0 Å². The molecule has 0 aromatic heterocycles. The second kappa shape index (κ2) is 7.96. The summed E-state index contributed by atoms with van der Waals surface area (Å²) in [6, 6.07) is 7.60. The van der Waals surface area contributed by atoms with E-state index in [1.54, 1.807) is 6.92 Å². The van der Waals surface area contributed by atoms with Crippen LogP contribution in [0.3, 0.4) is 0 Å². The standard InChI is InChI=1S/C13H17ClO3/c1-2-16-13(15)4-3-9-17-12-7-5-11(10-14)6-8-12/h5-8H,2-4,9-10H2,1H3. The van der Waals surface area contributed by atoms with Crippen LogP contribution in [0.15, 0.2) is 24.3 Å². The number of carbonyl (C=O) groups excluding carboxylic acids is 1. The van der Waals surface area contributed by atoms with Crippen molar-refractivity contribution in [3.8, 4) is 5.75 Å². The normalized spacial score (nSPS) is 10.0. The molecule has 0 atom stereocenters. The summed E-state index contributed by atoms with van der Waals surface area (Å²) in [5.74, 6) is 1.12. The SMILES string of the molecule is CCOC(=O)CCCOc1ccc(CCl)cc1. The number of rotatable bonds is 7. The Morgan fingerprint density at radius 3 is 2.59 bits per heavy atom. The van der Waals surface area contributed by atoms with Crippen molar-refractivity contribution in [1.29, 1.82) is 0 Å². The van der Waals surface area contributed by atoms with Crippen LogP contribution in [0.4, 0.5) is 0 Å². The molecule has 0 aliphatic heterocycles. The van der Waals surface area contributed by atoms with E-state index in [-0.39, 0.29) is 5.97 Å². The first-order valence-corrected chi connectivity index (χ1v) is 6.23. The molecule has 0 aliphatic rings. The summed E-state index contributed by atoms with van der Waals surface area (Å²) < 4.78 is 10.3. The number of hydrogen-bond acceptors (Lipinski definition) is 3. The van der Waals surface area contributed by atoms with Crippen molar-refractivity contribution in [3.05, 3.63) is 29.8 Å². The van der Waals surface area contributed by atoms with Crippen LogP contribution in [-0.2, 0) is 15.4 Å². The van der Waals surface area contributed by atoms with Crippen molar-refractivity contribution >= 4 is 17.6 Å². The van der Waals surface area contributed by atoms with Crippen LogP contribution in [0.2, 0.25) is 0 Å². The van der Waals surface area contributed by atoms with Crippen molar-refractivity contribution in [3.63, 3.8) is 0 Å². The van der Waals surface area contributed by atoms with Gasteiger partial charge in [0.15, 0.2) is 0 Å². The van der Waals surface area contributed by atoms with Gasteiger partial charge >= 0.3 is 5.97 Å². The second-order valence-corrected chi connectivity index (χ2v) is 3.80. The zero-order valence-corrected chi connectivity index (χ0v) is 10.7. The van der Waals surface area contributed by atoms with Crippen LogP contribution in [0, 0.1) is 0 Å². The van der Waals surface area contributed by atoms with E-state index in [0.29, 0.717) is 31.9 Å². The molecule has 0 bridgehead atoms. The van der Waals surface area contributed by atoms with Crippen LogP contribution in [0.5, 0.6) is 5.75 Å². The average Bonchev–Trinajstić information content (AvgIpc) is 2.36. The lowest BCUT2D eigenvalue weighted by atomic mass is 10.2. The molecule has 0 fully saturated rings. The maximum Gasteiger partial charge on any atom is 0.305 e. The number of benzene rings is 1. The molecule has 3 nitrogen and oxygen atoms in total. The van der Waals surface area contributed by atoms with Crippen molar-refractivity contribution in [2.45, 2.75) is 25.6 Å². The maximum absolute atomic E-state index is 11.0. The minimum Gasteiger partial charge on any atom is -0.494 e. The van der Waals surface area contributed by atoms with E-state index in [0.717, 1.165) is 11.3 Å². The fourth-order valence-corrected chi connectivity index (χ4v) is 1.49. The highest BCUT2D eigenvalue weighted by Crippen LogP contribution is 2.13. The van der Waals surface area contributed by atoms with Gasteiger partial charge in [-0.05, 0) is 31.0 Å². The van der Waals surface area contributed by atoms with Crippen LogP contribution in [-0.4, -0.2) is 19.2 Å². The van der Waals surface area contributed by atoms with E-state index in [1.807, 2.05) is 24.3 Å². The first kappa shape index (κ1) is 13.8. The zero-order chi connectivity index (χ0) is 12.5. The minimum atomic E-state index is -0.173. The number of halogens is 1. The molecular weight excluding hydrogens is 240 g/mol. The highest BCUT2D eigenvalue weighted by Gasteiger charge is 2.01. The number of carbonyl (C=O) groups is 1. The Morgan fingerprint density at radius 2 is 2.00 bits per heavy atom. The summed E-state index contributed by atoms with van der Waals surface area (Å²) in [6.45, 7) is 2.74. The van der Waals surface area contributed by atoms with Gasteiger partial charge in [-0.3, -0.25) is 4.79 Å². The molecule has 0 heterocycles. The molecular formula is C13H17ClO3. The fraction of sp³-hybridized carbons (Fsp3) is 0.462. The number of alkyl halides is 1. The Hall–Kier alpha value is -1.22. The van der Waals surface area contributed by atoms with Gasteiger partial charge < -0.3 is 9.47 Å². The molecule has 1 aromatic carbocycles. The predicted octanol–water partition coefficient (Wildman–Crippen LogP) is 3.15. The molecule has 0 saturated carbocycles. The van der Waals surface area contributed by atoms with Crippen molar-refractivity contribution in [2.75, 3.05) is 13.2 Å². The van der Waals surface area contributed by atoms with Crippen LogP contribution in [0.1, 0.15) is 25.3 Å². The first-order chi connectivity index (χ1) is 8.26. The molecule has 17 heavy (non-hydrogen) atoms. The van der Waals surface area contributed by atoms with Gasteiger partial charge in [-0.1, -0.05) is 12.1 Å². The lowest BCUT2D eigenvalue weighted by Gasteiger charge is -2.06. The molecule has 0 spiro atoms. The lowest BCUT2D eigenvalue weighted by molar-refractivity contribution is -0.143.